The zero-order valence-corrected chi connectivity index (χ0v) is 18.5. The Labute approximate surface area is 167 Å². The van der Waals surface area contributed by atoms with E-state index < -0.39 is 0 Å². The first kappa shape index (κ1) is 21.5. The molecule has 1 aliphatic carbocycles. The fraction of sp³-hybridized carbons (Fsp3) is 1.00. The summed E-state index contributed by atoms with van der Waals surface area (Å²) in [7, 11) is 0. The molecule has 0 aromatic carbocycles. The lowest BCUT2D eigenvalue weighted by molar-refractivity contribution is -0.146. The van der Waals surface area contributed by atoms with Crippen molar-refractivity contribution >= 4 is 0 Å². The molecule has 27 heavy (non-hydrogen) atoms. The summed E-state index contributed by atoms with van der Waals surface area (Å²) in [5.41, 5.74) is 0.315. The van der Waals surface area contributed by atoms with Crippen molar-refractivity contribution in [1.29, 1.82) is 0 Å². The summed E-state index contributed by atoms with van der Waals surface area (Å²) in [4.78, 5) is 7.90. The van der Waals surface area contributed by atoms with Gasteiger partial charge in [0.2, 0.25) is 0 Å². The van der Waals surface area contributed by atoms with Gasteiger partial charge in [-0.15, -0.1) is 0 Å². The van der Waals surface area contributed by atoms with Gasteiger partial charge in [-0.05, 0) is 60.3 Å². The molecule has 2 heterocycles. The van der Waals surface area contributed by atoms with Crippen LogP contribution in [0.2, 0.25) is 0 Å². The monoisotopic (exact) mass is 381 g/mol. The number of ether oxygens (including phenoxy) is 2. The first-order chi connectivity index (χ1) is 12.8. The van der Waals surface area contributed by atoms with E-state index in [0.29, 0.717) is 30.0 Å². The van der Waals surface area contributed by atoms with Gasteiger partial charge in [0.05, 0.1) is 24.4 Å². The van der Waals surface area contributed by atoms with Crippen molar-refractivity contribution in [2.45, 2.75) is 90.3 Å². The van der Waals surface area contributed by atoms with Crippen LogP contribution in [-0.4, -0.2) is 97.0 Å². The number of nitrogens with zero attached hydrogens (tertiary/aromatic N) is 3. The molecule has 0 N–H and O–H groups in total. The van der Waals surface area contributed by atoms with Crippen LogP contribution in [0.1, 0.15) is 60.3 Å². The largest absolute Gasteiger partial charge is 0.375 e. The Balaban J connectivity index is 1.24. The molecule has 3 rings (SSSR count). The van der Waals surface area contributed by atoms with Gasteiger partial charge in [0.25, 0.3) is 0 Å². The van der Waals surface area contributed by atoms with Gasteiger partial charge in [-0.3, -0.25) is 9.80 Å². The minimum atomic E-state index is 0.315. The molecule has 0 atom stereocenters. The average molecular weight is 382 g/mol. The Morgan fingerprint density at radius 3 is 1.85 bits per heavy atom. The van der Waals surface area contributed by atoms with Gasteiger partial charge in [-0.2, -0.15) is 0 Å². The van der Waals surface area contributed by atoms with Gasteiger partial charge in [0, 0.05) is 57.9 Å². The zero-order chi connectivity index (χ0) is 19.4. The molecule has 0 bridgehead atoms. The molecule has 0 unspecified atom stereocenters. The van der Waals surface area contributed by atoms with Crippen LogP contribution < -0.4 is 0 Å². The fourth-order valence-corrected chi connectivity index (χ4v) is 4.59. The maximum atomic E-state index is 6.30. The van der Waals surface area contributed by atoms with Crippen LogP contribution in [0.15, 0.2) is 0 Å². The molecular weight excluding hydrogens is 338 g/mol. The van der Waals surface area contributed by atoms with Crippen LogP contribution in [0, 0.1) is 0 Å². The van der Waals surface area contributed by atoms with Gasteiger partial charge < -0.3 is 14.4 Å². The van der Waals surface area contributed by atoms with Crippen LogP contribution in [0.25, 0.3) is 0 Å². The maximum Gasteiger partial charge on any atom is 0.0628 e. The predicted molar refractivity (Wildman–Crippen MR) is 111 cm³/mol. The molecule has 0 aromatic rings. The molecule has 5 heteroatoms. The van der Waals surface area contributed by atoms with E-state index in [9.17, 15) is 0 Å². The van der Waals surface area contributed by atoms with Gasteiger partial charge in [-0.25, -0.2) is 0 Å². The van der Waals surface area contributed by atoms with E-state index in [0.717, 1.165) is 12.8 Å². The maximum absolute atomic E-state index is 6.30. The second-order valence-electron chi connectivity index (χ2n) is 10.1. The van der Waals surface area contributed by atoms with E-state index in [-0.39, 0.29) is 0 Å². The number of piperazine rings is 1. The molecule has 3 fully saturated rings. The van der Waals surface area contributed by atoms with E-state index in [1.807, 2.05) is 0 Å². The minimum absolute atomic E-state index is 0.315. The summed E-state index contributed by atoms with van der Waals surface area (Å²) in [5, 5.41) is 0. The van der Waals surface area contributed by atoms with E-state index >= 15 is 0 Å². The molecule has 0 spiro atoms. The Hall–Kier alpha value is -0.200. The summed E-state index contributed by atoms with van der Waals surface area (Å²) in [6.07, 6.45) is 6.29. The number of likely N-dealkylation sites (tertiary alicyclic amines) is 1. The molecular formula is C22H43N3O2. The lowest BCUT2D eigenvalue weighted by atomic mass is 9.91. The fourth-order valence-electron chi connectivity index (χ4n) is 4.59. The average Bonchev–Trinajstić information content (AvgIpc) is 2.58. The highest BCUT2D eigenvalue weighted by atomic mass is 16.5. The Bertz CT molecular complexity index is 429. The summed E-state index contributed by atoms with van der Waals surface area (Å²) in [6, 6.07) is 0. The van der Waals surface area contributed by atoms with Crippen LogP contribution in [0.3, 0.4) is 0 Å². The lowest BCUT2D eigenvalue weighted by Crippen LogP contribution is -2.54. The van der Waals surface area contributed by atoms with Crippen molar-refractivity contribution in [1.82, 2.24) is 14.7 Å². The van der Waals surface area contributed by atoms with Gasteiger partial charge in [0.1, 0.15) is 0 Å². The number of hydrogen-bond donors (Lipinski definition) is 0. The number of hydrogen-bond acceptors (Lipinski definition) is 5. The topological polar surface area (TPSA) is 28.2 Å². The van der Waals surface area contributed by atoms with Crippen molar-refractivity contribution in [3.8, 4) is 0 Å². The van der Waals surface area contributed by atoms with E-state index in [1.165, 1.54) is 65.2 Å². The molecule has 0 radical (unpaired) electrons. The molecule has 3 aliphatic rings. The van der Waals surface area contributed by atoms with Crippen LogP contribution >= 0.6 is 0 Å². The highest BCUT2D eigenvalue weighted by Crippen LogP contribution is 2.30. The SMILES string of the molecule is CC(C)O[C@H]1C[C@H](OC2CCN(CCN3CCN(C(C)(C)C)CC3)CC2)C1. The first-order valence-electron chi connectivity index (χ1n) is 11.3. The number of rotatable bonds is 7. The third kappa shape index (κ3) is 6.67. The summed E-state index contributed by atoms with van der Waals surface area (Å²) in [5.74, 6) is 0. The minimum Gasteiger partial charge on any atom is -0.375 e. The molecule has 2 saturated heterocycles. The Morgan fingerprint density at radius 1 is 0.778 bits per heavy atom. The van der Waals surface area contributed by atoms with Crippen molar-refractivity contribution in [2.24, 2.45) is 0 Å². The highest BCUT2D eigenvalue weighted by Gasteiger charge is 2.34. The second-order valence-corrected chi connectivity index (χ2v) is 10.1. The van der Waals surface area contributed by atoms with Crippen LogP contribution in [-0.2, 0) is 9.47 Å². The van der Waals surface area contributed by atoms with Gasteiger partial charge >= 0.3 is 0 Å². The summed E-state index contributed by atoms with van der Waals surface area (Å²) in [6.45, 7) is 20.9. The second kappa shape index (κ2) is 9.53. The quantitative estimate of drug-likeness (QED) is 0.676. The third-order valence-corrected chi connectivity index (χ3v) is 6.49. The van der Waals surface area contributed by atoms with E-state index in [1.54, 1.807) is 0 Å². The van der Waals surface area contributed by atoms with Crippen LogP contribution in [0.5, 0.6) is 0 Å². The van der Waals surface area contributed by atoms with Crippen molar-refractivity contribution < 1.29 is 9.47 Å². The van der Waals surface area contributed by atoms with Gasteiger partial charge in [0.15, 0.2) is 0 Å². The molecule has 158 valence electrons. The van der Waals surface area contributed by atoms with Crippen molar-refractivity contribution in [3.63, 3.8) is 0 Å². The molecule has 2 aliphatic heterocycles. The van der Waals surface area contributed by atoms with Crippen molar-refractivity contribution in [2.75, 3.05) is 52.4 Å². The molecule has 0 aromatic heterocycles. The Morgan fingerprint density at radius 2 is 1.33 bits per heavy atom. The first-order valence-corrected chi connectivity index (χ1v) is 11.3. The van der Waals surface area contributed by atoms with E-state index in [4.69, 9.17) is 9.47 Å². The van der Waals surface area contributed by atoms with Crippen molar-refractivity contribution in [3.05, 3.63) is 0 Å². The smallest absolute Gasteiger partial charge is 0.0628 e. The van der Waals surface area contributed by atoms with Crippen LogP contribution in [0.4, 0.5) is 0 Å². The molecule has 5 nitrogen and oxygen atoms in total. The predicted octanol–water partition coefficient (Wildman–Crippen LogP) is 2.84. The van der Waals surface area contributed by atoms with E-state index in [2.05, 4.69) is 49.3 Å². The highest BCUT2D eigenvalue weighted by molar-refractivity contribution is 4.85. The molecule has 0 amide bonds. The zero-order valence-electron chi connectivity index (χ0n) is 18.5. The summed E-state index contributed by atoms with van der Waals surface area (Å²) >= 11 is 0. The lowest BCUT2D eigenvalue weighted by Gasteiger charge is -2.43. The normalized spacial score (nSPS) is 30.0. The Kier molecular flexibility index (Phi) is 7.59. The molecule has 1 saturated carbocycles. The number of piperidine rings is 1. The standard InChI is InChI=1S/C22H43N3O2/c1-18(2)26-20-16-21(17-20)27-19-6-8-23(9-7-19)10-11-24-12-14-25(15-13-24)22(3,4)5/h18-21H,6-17H2,1-5H3/t20-,21-. The summed E-state index contributed by atoms with van der Waals surface area (Å²) < 4.78 is 12.1. The third-order valence-electron chi connectivity index (χ3n) is 6.49. The van der Waals surface area contributed by atoms with Gasteiger partial charge in [-0.1, -0.05) is 0 Å².